The van der Waals surface area contributed by atoms with Gasteiger partial charge >= 0.3 is 0 Å². The molecule has 0 unspecified atom stereocenters. The van der Waals surface area contributed by atoms with Crippen LogP contribution in [0.2, 0.25) is 5.02 Å². The molecule has 2 aromatic carbocycles. The molecule has 0 fully saturated rings. The van der Waals surface area contributed by atoms with E-state index in [1.807, 2.05) is 0 Å². The molecule has 0 bridgehead atoms. The van der Waals surface area contributed by atoms with Gasteiger partial charge in [-0.2, -0.15) is 0 Å². The van der Waals surface area contributed by atoms with E-state index in [1.54, 1.807) is 12.1 Å². The molecule has 0 aliphatic heterocycles. The van der Waals surface area contributed by atoms with Gasteiger partial charge in [-0.15, -0.1) is 0 Å². The summed E-state index contributed by atoms with van der Waals surface area (Å²) in [5, 5.41) is 3.13. The van der Waals surface area contributed by atoms with Crippen molar-refractivity contribution < 1.29 is 9.18 Å². The molecule has 2 rings (SSSR count). The van der Waals surface area contributed by atoms with Crippen LogP contribution in [0.1, 0.15) is 10.4 Å². The fourth-order valence-electron chi connectivity index (χ4n) is 1.66. The Bertz CT molecular complexity index is 626. The van der Waals surface area contributed by atoms with Crippen LogP contribution >= 0.6 is 11.6 Å². The summed E-state index contributed by atoms with van der Waals surface area (Å²) < 4.78 is 13.2. The predicted octanol–water partition coefficient (Wildman–Crippen LogP) is 2.90. The maximum absolute atomic E-state index is 13.2. The van der Waals surface area contributed by atoms with Gasteiger partial charge in [0.05, 0.1) is 11.3 Å². The van der Waals surface area contributed by atoms with Crippen molar-refractivity contribution in [1.82, 2.24) is 0 Å². The molecule has 0 aliphatic carbocycles. The van der Waals surface area contributed by atoms with Crippen LogP contribution in [0.5, 0.6) is 0 Å². The van der Waals surface area contributed by atoms with Crippen LogP contribution in [0.3, 0.4) is 0 Å². The van der Waals surface area contributed by atoms with Crippen molar-refractivity contribution >= 4 is 34.6 Å². The lowest BCUT2D eigenvalue weighted by Crippen LogP contribution is -2.13. The Balaban J connectivity index is 2.40. The first kappa shape index (κ1) is 13.2. The van der Waals surface area contributed by atoms with Gasteiger partial charge in [0.15, 0.2) is 0 Å². The highest BCUT2D eigenvalue weighted by Crippen LogP contribution is 2.25. The van der Waals surface area contributed by atoms with Crippen LogP contribution in [-0.4, -0.2) is 5.91 Å². The van der Waals surface area contributed by atoms with E-state index in [1.165, 1.54) is 24.3 Å². The molecular weight excluding hydrogens is 269 g/mol. The van der Waals surface area contributed by atoms with Crippen LogP contribution in [0.15, 0.2) is 36.4 Å². The first-order chi connectivity index (χ1) is 8.95. The van der Waals surface area contributed by atoms with E-state index in [4.69, 9.17) is 23.1 Å². The molecule has 6 heteroatoms. The second kappa shape index (κ2) is 5.16. The topological polar surface area (TPSA) is 81.1 Å². The minimum Gasteiger partial charge on any atom is -0.399 e. The fraction of sp³-hybridized carbons (Fsp3) is 0. The average Bonchev–Trinajstić information content (AvgIpc) is 2.30. The average molecular weight is 280 g/mol. The number of nitrogens with two attached hydrogens (primary N) is 2. The highest BCUT2D eigenvalue weighted by Gasteiger charge is 2.09. The third-order valence-electron chi connectivity index (χ3n) is 2.45. The number of halogens is 2. The zero-order valence-corrected chi connectivity index (χ0v) is 10.5. The van der Waals surface area contributed by atoms with E-state index in [9.17, 15) is 9.18 Å². The molecule has 0 radical (unpaired) electrons. The van der Waals surface area contributed by atoms with Gasteiger partial charge < -0.3 is 16.8 Å². The zero-order chi connectivity index (χ0) is 14.0. The number of nitrogen functional groups attached to an aromatic ring is 1. The van der Waals surface area contributed by atoms with Crippen LogP contribution in [-0.2, 0) is 0 Å². The lowest BCUT2D eigenvalue weighted by molar-refractivity contribution is 0.100. The highest BCUT2D eigenvalue weighted by molar-refractivity contribution is 6.30. The minimum atomic E-state index is -0.628. The van der Waals surface area contributed by atoms with Crippen molar-refractivity contribution in [3.8, 4) is 0 Å². The molecule has 4 nitrogen and oxygen atoms in total. The van der Waals surface area contributed by atoms with E-state index in [2.05, 4.69) is 5.32 Å². The number of primary amides is 1. The third kappa shape index (κ3) is 3.14. The number of rotatable bonds is 3. The molecule has 0 heterocycles. The lowest BCUT2D eigenvalue weighted by atomic mass is 10.1. The summed E-state index contributed by atoms with van der Waals surface area (Å²) in [4.78, 5) is 11.3. The Morgan fingerprint density at radius 2 is 1.95 bits per heavy atom. The summed E-state index contributed by atoms with van der Waals surface area (Å²) in [6.45, 7) is 0. The lowest BCUT2D eigenvalue weighted by Gasteiger charge is -2.11. The Morgan fingerprint density at radius 3 is 2.58 bits per heavy atom. The number of carbonyl (C=O) groups excluding carboxylic acids is 1. The number of amides is 1. The van der Waals surface area contributed by atoms with E-state index in [0.29, 0.717) is 17.1 Å². The molecule has 5 N–H and O–H groups in total. The first-order valence-corrected chi connectivity index (χ1v) is 5.76. The van der Waals surface area contributed by atoms with E-state index in [-0.39, 0.29) is 10.6 Å². The molecular formula is C13H11ClFN3O. The molecule has 1 amide bonds. The second-order valence-electron chi connectivity index (χ2n) is 3.95. The van der Waals surface area contributed by atoms with Crippen LogP contribution in [0.4, 0.5) is 21.5 Å². The minimum absolute atomic E-state index is 0.223. The van der Waals surface area contributed by atoms with Gasteiger partial charge in [-0.25, -0.2) is 4.39 Å². The maximum atomic E-state index is 13.2. The summed E-state index contributed by atoms with van der Waals surface area (Å²) in [6.07, 6.45) is 0. The van der Waals surface area contributed by atoms with Gasteiger partial charge in [-0.05, 0) is 36.4 Å². The summed E-state index contributed by atoms with van der Waals surface area (Å²) in [7, 11) is 0. The van der Waals surface area contributed by atoms with Gasteiger partial charge in [-0.1, -0.05) is 11.6 Å². The SMILES string of the molecule is NC(=O)c1cc(N)ccc1Nc1cc(F)cc(Cl)c1. The Hall–Kier alpha value is -2.27. The van der Waals surface area contributed by atoms with Gasteiger partial charge in [0.1, 0.15) is 5.82 Å². The van der Waals surface area contributed by atoms with Crippen molar-refractivity contribution in [3.05, 3.63) is 52.8 Å². The molecule has 19 heavy (non-hydrogen) atoms. The second-order valence-corrected chi connectivity index (χ2v) is 4.39. The number of hydrogen-bond acceptors (Lipinski definition) is 3. The van der Waals surface area contributed by atoms with Gasteiger partial charge in [0, 0.05) is 16.4 Å². The van der Waals surface area contributed by atoms with E-state index < -0.39 is 11.7 Å². The smallest absolute Gasteiger partial charge is 0.250 e. The number of anilines is 3. The van der Waals surface area contributed by atoms with Crippen molar-refractivity contribution in [2.75, 3.05) is 11.1 Å². The van der Waals surface area contributed by atoms with Crippen LogP contribution < -0.4 is 16.8 Å². The number of nitrogens with one attached hydrogen (secondary N) is 1. The molecule has 0 aliphatic rings. The Labute approximate surface area is 114 Å². The molecule has 0 saturated carbocycles. The number of hydrogen-bond donors (Lipinski definition) is 3. The monoisotopic (exact) mass is 279 g/mol. The number of carbonyl (C=O) groups is 1. The fourth-order valence-corrected chi connectivity index (χ4v) is 1.88. The van der Waals surface area contributed by atoms with Crippen molar-refractivity contribution in [2.45, 2.75) is 0 Å². The molecule has 98 valence electrons. The Kier molecular flexibility index (Phi) is 3.57. The van der Waals surface area contributed by atoms with Crippen molar-refractivity contribution in [2.24, 2.45) is 5.73 Å². The summed E-state index contributed by atoms with van der Waals surface area (Å²) in [5.74, 6) is -1.11. The maximum Gasteiger partial charge on any atom is 0.250 e. The third-order valence-corrected chi connectivity index (χ3v) is 2.67. The summed E-state index contributed by atoms with van der Waals surface area (Å²) >= 11 is 5.75. The van der Waals surface area contributed by atoms with Crippen molar-refractivity contribution in [3.63, 3.8) is 0 Å². The van der Waals surface area contributed by atoms with E-state index in [0.717, 1.165) is 0 Å². The molecule has 2 aromatic rings. The van der Waals surface area contributed by atoms with Gasteiger partial charge in [-0.3, -0.25) is 4.79 Å². The van der Waals surface area contributed by atoms with Crippen molar-refractivity contribution in [1.29, 1.82) is 0 Å². The molecule has 0 atom stereocenters. The first-order valence-electron chi connectivity index (χ1n) is 5.38. The Morgan fingerprint density at radius 1 is 1.21 bits per heavy atom. The predicted molar refractivity (Wildman–Crippen MR) is 74.1 cm³/mol. The summed E-state index contributed by atoms with van der Waals surface area (Å²) in [5.41, 5.74) is 12.3. The standard InChI is InChI=1S/C13H11ClFN3O/c14-7-3-8(15)5-10(4-7)18-12-2-1-9(16)6-11(12)13(17)19/h1-6,18H,16H2,(H2,17,19). The highest BCUT2D eigenvalue weighted by atomic mass is 35.5. The molecule has 0 saturated heterocycles. The number of benzene rings is 2. The molecule has 0 aromatic heterocycles. The van der Waals surface area contributed by atoms with Crippen LogP contribution in [0.25, 0.3) is 0 Å². The zero-order valence-electron chi connectivity index (χ0n) is 9.78. The quantitative estimate of drug-likeness (QED) is 0.756. The summed E-state index contributed by atoms with van der Waals surface area (Å²) in [6, 6.07) is 8.62. The molecule has 0 spiro atoms. The normalized spacial score (nSPS) is 10.2. The van der Waals surface area contributed by atoms with Crippen LogP contribution in [0, 0.1) is 5.82 Å². The van der Waals surface area contributed by atoms with Gasteiger partial charge in [0.2, 0.25) is 0 Å². The largest absolute Gasteiger partial charge is 0.399 e. The van der Waals surface area contributed by atoms with Gasteiger partial charge in [0.25, 0.3) is 5.91 Å². The van der Waals surface area contributed by atoms with E-state index >= 15 is 0 Å².